The first-order chi connectivity index (χ1) is 6.83. The smallest absolute Gasteiger partial charge is 0.182 e. The quantitative estimate of drug-likeness (QED) is 0.724. The second kappa shape index (κ2) is 3.54. The molecule has 0 unspecified atom stereocenters. The SMILES string of the molecule is COc1cc(OC2CC2)cnc1C#N. The molecule has 1 heterocycles. The van der Waals surface area contributed by atoms with Gasteiger partial charge in [0.2, 0.25) is 0 Å². The van der Waals surface area contributed by atoms with Crippen molar-refractivity contribution in [3.05, 3.63) is 18.0 Å². The number of ether oxygens (including phenoxy) is 2. The Morgan fingerprint density at radius 3 is 2.93 bits per heavy atom. The zero-order valence-corrected chi connectivity index (χ0v) is 7.86. The lowest BCUT2D eigenvalue weighted by molar-refractivity contribution is 0.299. The molecule has 0 aliphatic heterocycles. The highest BCUT2D eigenvalue weighted by molar-refractivity contribution is 5.41. The minimum Gasteiger partial charge on any atom is -0.494 e. The zero-order valence-electron chi connectivity index (χ0n) is 7.86. The van der Waals surface area contributed by atoms with E-state index < -0.39 is 0 Å². The van der Waals surface area contributed by atoms with Crippen LogP contribution in [0.4, 0.5) is 0 Å². The summed E-state index contributed by atoms with van der Waals surface area (Å²) < 4.78 is 10.5. The van der Waals surface area contributed by atoms with Gasteiger partial charge in [-0.3, -0.25) is 0 Å². The van der Waals surface area contributed by atoms with Crippen molar-refractivity contribution in [3.8, 4) is 17.6 Å². The van der Waals surface area contributed by atoms with E-state index in [2.05, 4.69) is 4.98 Å². The predicted molar refractivity (Wildman–Crippen MR) is 49.2 cm³/mol. The summed E-state index contributed by atoms with van der Waals surface area (Å²) in [6.45, 7) is 0. The molecule has 0 bridgehead atoms. The molecule has 1 aliphatic carbocycles. The maximum atomic E-state index is 8.70. The number of hydrogen-bond donors (Lipinski definition) is 0. The summed E-state index contributed by atoms with van der Waals surface area (Å²) in [4.78, 5) is 3.94. The second-order valence-electron chi connectivity index (χ2n) is 3.15. The van der Waals surface area contributed by atoms with Gasteiger partial charge >= 0.3 is 0 Å². The lowest BCUT2D eigenvalue weighted by Gasteiger charge is -2.06. The maximum Gasteiger partial charge on any atom is 0.182 e. The summed E-state index contributed by atoms with van der Waals surface area (Å²) in [5.74, 6) is 1.13. The normalized spacial score (nSPS) is 14.6. The third-order valence-electron chi connectivity index (χ3n) is 1.98. The molecule has 0 aromatic carbocycles. The third-order valence-corrected chi connectivity index (χ3v) is 1.98. The minimum absolute atomic E-state index is 0.288. The molecule has 2 rings (SSSR count). The molecule has 72 valence electrons. The number of hydrogen-bond acceptors (Lipinski definition) is 4. The van der Waals surface area contributed by atoms with Gasteiger partial charge in [-0.15, -0.1) is 0 Å². The summed E-state index contributed by atoms with van der Waals surface area (Å²) in [5.41, 5.74) is 0.288. The minimum atomic E-state index is 0.288. The zero-order chi connectivity index (χ0) is 9.97. The van der Waals surface area contributed by atoms with Gasteiger partial charge in [0.05, 0.1) is 19.4 Å². The highest BCUT2D eigenvalue weighted by atomic mass is 16.5. The van der Waals surface area contributed by atoms with E-state index in [9.17, 15) is 0 Å². The number of methoxy groups -OCH3 is 1. The molecule has 0 N–H and O–H groups in total. The van der Waals surface area contributed by atoms with Crippen molar-refractivity contribution in [1.82, 2.24) is 4.98 Å². The molecule has 1 aromatic heterocycles. The monoisotopic (exact) mass is 190 g/mol. The molecule has 1 aliphatic rings. The van der Waals surface area contributed by atoms with Crippen molar-refractivity contribution in [2.45, 2.75) is 18.9 Å². The molecule has 0 atom stereocenters. The Bertz CT molecular complexity index is 380. The van der Waals surface area contributed by atoms with Crippen LogP contribution in [0.1, 0.15) is 18.5 Å². The van der Waals surface area contributed by atoms with Gasteiger partial charge in [0.25, 0.3) is 0 Å². The van der Waals surface area contributed by atoms with Crippen LogP contribution in [-0.2, 0) is 0 Å². The lowest BCUT2D eigenvalue weighted by Crippen LogP contribution is -1.98. The Kier molecular flexibility index (Phi) is 2.23. The van der Waals surface area contributed by atoms with Crippen LogP contribution in [0, 0.1) is 11.3 Å². The molecule has 0 saturated heterocycles. The van der Waals surface area contributed by atoms with Crippen molar-refractivity contribution < 1.29 is 9.47 Å². The maximum absolute atomic E-state index is 8.70. The highest BCUT2D eigenvalue weighted by Crippen LogP contribution is 2.29. The van der Waals surface area contributed by atoms with E-state index >= 15 is 0 Å². The second-order valence-corrected chi connectivity index (χ2v) is 3.15. The topological polar surface area (TPSA) is 55.1 Å². The number of aromatic nitrogens is 1. The average Bonchev–Trinajstić information content (AvgIpc) is 3.01. The van der Waals surface area contributed by atoms with Crippen LogP contribution in [0.25, 0.3) is 0 Å². The molecule has 0 amide bonds. The fraction of sp³-hybridized carbons (Fsp3) is 0.400. The molecule has 4 nitrogen and oxygen atoms in total. The van der Waals surface area contributed by atoms with E-state index in [0.29, 0.717) is 17.6 Å². The molecule has 0 spiro atoms. The summed E-state index contributed by atoms with van der Waals surface area (Å²) in [6, 6.07) is 3.65. The first-order valence-electron chi connectivity index (χ1n) is 4.44. The van der Waals surface area contributed by atoms with Crippen LogP contribution < -0.4 is 9.47 Å². The van der Waals surface area contributed by atoms with E-state index in [0.717, 1.165) is 12.8 Å². The molecule has 14 heavy (non-hydrogen) atoms. The number of rotatable bonds is 3. The first kappa shape index (κ1) is 8.82. The summed E-state index contributed by atoms with van der Waals surface area (Å²) in [7, 11) is 1.51. The number of nitrogens with zero attached hydrogens (tertiary/aromatic N) is 2. The predicted octanol–water partition coefficient (Wildman–Crippen LogP) is 1.50. The van der Waals surface area contributed by atoms with Crippen molar-refractivity contribution in [1.29, 1.82) is 5.26 Å². The van der Waals surface area contributed by atoms with Crippen LogP contribution >= 0.6 is 0 Å². The summed E-state index contributed by atoms with van der Waals surface area (Å²) >= 11 is 0. The summed E-state index contributed by atoms with van der Waals surface area (Å²) in [5, 5.41) is 8.70. The number of nitriles is 1. The van der Waals surface area contributed by atoms with Gasteiger partial charge in [-0.25, -0.2) is 4.98 Å². The van der Waals surface area contributed by atoms with Crippen LogP contribution in [0.5, 0.6) is 11.5 Å². The Balaban J connectivity index is 2.22. The van der Waals surface area contributed by atoms with Crippen molar-refractivity contribution in [2.75, 3.05) is 7.11 Å². The fourth-order valence-electron chi connectivity index (χ4n) is 1.11. The Labute approximate surface area is 82.1 Å². The fourth-order valence-corrected chi connectivity index (χ4v) is 1.11. The van der Waals surface area contributed by atoms with E-state index in [-0.39, 0.29) is 5.69 Å². The molecule has 1 saturated carbocycles. The van der Waals surface area contributed by atoms with E-state index in [1.54, 1.807) is 12.3 Å². The van der Waals surface area contributed by atoms with Gasteiger partial charge in [-0.2, -0.15) is 5.26 Å². The Hall–Kier alpha value is -1.76. The Morgan fingerprint density at radius 1 is 1.57 bits per heavy atom. The van der Waals surface area contributed by atoms with Crippen molar-refractivity contribution >= 4 is 0 Å². The molecule has 4 heteroatoms. The molecular weight excluding hydrogens is 180 g/mol. The number of pyridine rings is 1. The van der Waals surface area contributed by atoms with Crippen LogP contribution in [0.2, 0.25) is 0 Å². The van der Waals surface area contributed by atoms with E-state index in [1.807, 2.05) is 6.07 Å². The van der Waals surface area contributed by atoms with E-state index in [1.165, 1.54) is 7.11 Å². The van der Waals surface area contributed by atoms with Gasteiger partial charge in [-0.1, -0.05) is 0 Å². The van der Waals surface area contributed by atoms with Gasteiger partial charge in [0.1, 0.15) is 11.8 Å². The van der Waals surface area contributed by atoms with Gasteiger partial charge in [0, 0.05) is 6.07 Å². The van der Waals surface area contributed by atoms with Crippen LogP contribution in [0.15, 0.2) is 12.3 Å². The van der Waals surface area contributed by atoms with E-state index in [4.69, 9.17) is 14.7 Å². The van der Waals surface area contributed by atoms with Crippen molar-refractivity contribution in [3.63, 3.8) is 0 Å². The van der Waals surface area contributed by atoms with Crippen LogP contribution in [-0.4, -0.2) is 18.2 Å². The van der Waals surface area contributed by atoms with Gasteiger partial charge in [0.15, 0.2) is 11.4 Å². The Morgan fingerprint density at radius 2 is 2.36 bits per heavy atom. The standard InChI is InChI=1S/C10H10N2O2/c1-13-10-4-8(14-7-2-3-7)6-12-9(10)5-11/h4,6-7H,2-3H2,1H3. The average molecular weight is 190 g/mol. The molecular formula is C10H10N2O2. The van der Waals surface area contributed by atoms with Gasteiger partial charge in [-0.05, 0) is 12.8 Å². The molecule has 0 radical (unpaired) electrons. The molecule has 1 fully saturated rings. The first-order valence-corrected chi connectivity index (χ1v) is 4.44. The summed E-state index contributed by atoms with van der Waals surface area (Å²) in [6.07, 6.45) is 4.08. The van der Waals surface area contributed by atoms with Gasteiger partial charge < -0.3 is 9.47 Å². The highest BCUT2D eigenvalue weighted by Gasteiger charge is 2.24. The lowest BCUT2D eigenvalue weighted by atomic mass is 10.3. The van der Waals surface area contributed by atoms with Crippen LogP contribution in [0.3, 0.4) is 0 Å². The third kappa shape index (κ3) is 1.77. The van der Waals surface area contributed by atoms with Crippen molar-refractivity contribution in [2.24, 2.45) is 0 Å². The molecule has 1 aromatic rings. The largest absolute Gasteiger partial charge is 0.494 e.